The Labute approximate surface area is 128 Å². The number of hydrogen-bond acceptors (Lipinski definition) is 1. The monoisotopic (exact) mass is 288 g/mol. The summed E-state index contributed by atoms with van der Waals surface area (Å²) >= 11 is 1.92. The van der Waals surface area contributed by atoms with Crippen molar-refractivity contribution in [2.45, 2.75) is 13.3 Å². The lowest BCUT2D eigenvalue weighted by Gasteiger charge is -2.07. The Morgan fingerprint density at radius 1 is 0.810 bits per heavy atom. The quantitative estimate of drug-likeness (QED) is 0.407. The highest BCUT2D eigenvalue weighted by Gasteiger charge is 2.13. The minimum Gasteiger partial charge on any atom is -0.135 e. The molecule has 0 aliphatic carbocycles. The van der Waals surface area contributed by atoms with Crippen molar-refractivity contribution >= 4 is 31.5 Å². The Hall–Kier alpha value is -2.12. The van der Waals surface area contributed by atoms with Gasteiger partial charge in [0.2, 0.25) is 0 Å². The Bertz CT molecular complexity index is 917. The second-order valence-corrected chi connectivity index (χ2v) is 6.35. The Balaban J connectivity index is 2.17. The number of fused-ring (bicyclic) bond motifs is 3. The maximum Gasteiger partial charge on any atom is 0.0393 e. The molecule has 1 aromatic heterocycles. The van der Waals surface area contributed by atoms with Gasteiger partial charge in [-0.1, -0.05) is 67.6 Å². The molecule has 102 valence electrons. The van der Waals surface area contributed by atoms with E-state index in [0.29, 0.717) is 0 Å². The summed E-state index contributed by atoms with van der Waals surface area (Å²) in [5.41, 5.74) is 4.10. The van der Waals surface area contributed by atoms with E-state index in [1.165, 1.54) is 36.9 Å². The predicted octanol–water partition coefficient (Wildman–Crippen LogP) is 6.28. The van der Waals surface area contributed by atoms with Crippen LogP contribution in [0.15, 0.2) is 66.7 Å². The van der Waals surface area contributed by atoms with Gasteiger partial charge in [0.15, 0.2) is 0 Å². The summed E-state index contributed by atoms with van der Waals surface area (Å²) in [6.07, 6.45) is 1.08. The van der Waals surface area contributed by atoms with Crippen molar-refractivity contribution in [3.63, 3.8) is 0 Å². The fraction of sp³-hybridized carbons (Fsp3) is 0.100. The van der Waals surface area contributed by atoms with Crippen molar-refractivity contribution in [3.8, 4) is 11.1 Å². The summed E-state index contributed by atoms with van der Waals surface area (Å²) in [6, 6.07) is 24.0. The molecule has 0 fully saturated rings. The fourth-order valence-electron chi connectivity index (χ4n) is 3.02. The van der Waals surface area contributed by atoms with E-state index in [2.05, 4.69) is 73.7 Å². The molecule has 0 unspecified atom stereocenters. The van der Waals surface area contributed by atoms with Crippen LogP contribution in [-0.2, 0) is 6.42 Å². The Morgan fingerprint density at radius 3 is 2.38 bits per heavy atom. The van der Waals surface area contributed by atoms with Gasteiger partial charge in [0.05, 0.1) is 0 Å². The van der Waals surface area contributed by atoms with Gasteiger partial charge in [-0.05, 0) is 29.2 Å². The first-order valence-electron chi connectivity index (χ1n) is 7.37. The van der Waals surface area contributed by atoms with Crippen molar-refractivity contribution < 1.29 is 0 Å². The molecule has 0 aliphatic heterocycles. The normalized spacial score (nSPS) is 11.3. The van der Waals surface area contributed by atoms with Crippen molar-refractivity contribution in [2.24, 2.45) is 0 Å². The zero-order valence-corrected chi connectivity index (χ0v) is 12.8. The summed E-state index contributed by atoms with van der Waals surface area (Å²) < 4.78 is 2.82. The summed E-state index contributed by atoms with van der Waals surface area (Å²) in [4.78, 5) is 0. The second kappa shape index (κ2) is 5.01. The summed E-state index contributed by atoms with van der Waals surface area (Å²) in [5.74, 6) is 0. The van der Waals surface area contributed by atoms with Crippen LogP contribution >= 0.6 is 11.3 Å². The van der Waals surface area contributed by atoms with Gasteiger partial charge in [0.25, 0.3) is 0 Å². The van der Waals surface area contributed by atoms with E-state index in [4.69, 9.17) is 0 Å². The van der Waals surface area contributed by atoms with Gasteiger partial charge in [-0.2, -0.15) is 0 Å². The van der Waals surface area contributed by atoms with E-state index in [-0.39, 0.29) is 0 Å². The average molecular weight is 288 g/mol. The first-order valence-corrected chi connectivity index (χ1v) is 8.18. The number of benzene rings is 3. The van der Waals surface area contributed by atoms with Crippen LogP contribution in [0.5, 0.6) is 0 Å². The van der Waals surface area contributed by atoms with Crippen LogP contribution in [0, 0.1) is 0 Å². The topological polar surface area (TPSA) is 0 Å². The van der Waals surface area contributed by atoms with Crippen LogP contribution in [-0.4, -0.2) is 0 Å². The molecule has 4 aromatic rings. The van der Waals surface area contributed by atoms with Crippen LogP contribution in [0.4, 0.5) is 0 Å². The molecule has 21 heavy (non-hydrogen) atoms. The van der Waals surface area contributed by atoms with Crippen molar-refractivity contribution in [1.82, 2.24) is 0 Å². The molecule has 3 aromatic carbocycles. The second-order valence-electron chi connectivity index (χ2n) is 5.29. The lowest BCUT2D eigenvalue weighted by Crippen LogP contribution is -1.84. The number of thiophene rings is 1. The Morgan fingerprint density at radius 2 is 1.57 bits per heavy atom. The largest absolute Gasteiger partial charge is 0.135 e. The summed E-state index contributed by atoms with van der Waals surface area (Å²) in [6.45, 7) is 2.24. The van der Waals surface area contributed by atoms with Gasteiger partial charge in [0, 0.05) is 20.2 Å². The van der Waals surface area contributed by atoms with E-state index in [1.807, 2.05) is 11.3 Å². The molecule has 0 N–H and O–H groups in total. The first kappa shape index (κ1) is 12.6. The molecule has 0 aliphatic rings. The van der Waals surface area contributed by atoms with Gasteiger partial charge in [-0.3, -0.25) is 0 Å². The molecule has 0 saturated heterocycles. The van der Waals surface area contributed by atoms with E-state index in [1.54, 1.807) is 0 Å². The number of hydrogen-bond donors (Lipinski definition) is 0. The van der Waals surface area contributed by atoms with Crippen molar-refractivity contribution in [2.75, 3.05) is 0 Å². The smallest absolute Gasteiger partial charge is 0.0393 e. The fourth-order valence-corrected chi connectivity index (χ4v) is 4.33. The molecular formula is C20H16S. The van der Waals surface area contributed by atoms with Gasteiger partial charge in [-0.15, -0.1) is 11.3 Å². The van der Waals surface area contributed by atoms with Crippen molar-refractivity contribution in [3.05, 3.63) is 72.3 Å². The molecule has 1 heterocycles. The number of aryl methyl sites for hydroxylation is 1. The predicted molar refractivity (Wildman–Crippen MR) is 94.1 cm³/mol. The van der Waals surface area contributed by atoms with E-state index in [0.717, 1.165) is 6.42 Å². The maximum atomic E-state index is 2.29. The molecule has 0 saturated carbocycles. The molecular weight excluding hydrogens is 272 g/mol. The summed E-state index contributed by atoms with van der Waals surface area (Å²) in [5, 5.41) is 2.80. The zero-order valence-electron chi connectivity index (χ0n) is 12.0. The average Bonchev–Trinajstić information content (AvgIpc) is 2.94. The molecule has 4 rings (SSSR count). The molecule has 0 nitrogen and oxygen atoms in total. The minimum absolute atomic E-state index is 1.08. The van der Waals surface area contributed by atoms with E-state index < -0.39 is 0 Å². The van der Waals surface area contributed by atoms with Crippen LogP contribution in [0.1, 0.15) is 12.5 Å². The maximum absolute atomic E-state index is 2.29. The molecule has 0 atom stereocenters. The van der Waals surface area contributed by atoms with Gasteiger partial charge in [0.1, 0.15) is 0 Å². The standard InChI is InChI=1S/C20H16S/c1-2-14-12-13-16(15-8-4-3-5-9-15)19-17-10-6-7-11-18(17)21-20(14)19/h3-13H,2H2,1H3. The highest BCUT2D eigenvalue weighted by molar-refractivity contribution is 7.26. The molecule has 1 heteroatoms. The van der Waals surface area contributed by atoms with Crippen LogP contribution < -0.4 is 0 Å². The van der Waals surface area contributed by atoms with Crippen LogP contribution in [0.3, 0.4) is 0 Å². The highest BCUT2D eigenvalue weighted by atomic mass is 32.1. The van der Waals surface area contributed by atoms with E-state index >= 15 is 0 Å². The van der Waals surface area contributed by atoms with Gasteiger partial charge in [-0.25, -0.2) is 0 Å². The SMILES string of the molecule is CCc1ccc(-c2ccccc2)c2c1sc1ccccc12. The molecule has 0 radical (unpaired) electrons. The Kier molecular flexibility index (Phi) is 3.01. The summed E-state index contributed by atoms with van der Waals surface area (Å²) in [7, 11) is 0. The third-order valence-corrected chi connectivity index (χ3v) is 5.32. The molecule has 0 bridgehead atoms. The number of rotatable bonds is 2. The lowest BCUT2D eigenvalue weighted by molar-refractivity contribution is 1.16. The van der Waals surface area contributed by atoms with Gasteiger partial charge >= 0.3 is 0 Å². The highest BCUT2D eigenvalue weighted by Crippen LogP contribution is 2.41. The molecule has 0 spiro atoms. The zero-order chi connectivity index (χ0) is 14.2. The minimum atomic E-state index is 1.08. The van der Waals surface area contributed by atoms with Crippen LogP contribution in [0.25, 0.3) is 31.3 Å². The third-order valence-electron chi connectivity index (χ3n) is 4.07. The lowest BCUT2D eigenvalue weighted by atomic mass is 9.97. The van der Waals surface area contributed by atoms with E-state index in [9.17, 15) is 0 Å². The van der Waals surface area contributed by atoms with Crippen molar-refractivity contribution in [1.29, 1.82) is 0 Å². The van der Waals surface area contributed by atoms with Crippen LogP contribution in [0.2, 0.25) is 0 Å². The van der Waals surface area contributed by atoms with Gasteiger partial charge < -0.3 is 0 Å². The third kappa shape index (κ3) is 1.97. The molecule has 0 amide bonds. The first-order chi connectivity index (χ1) is 10.4.